The minimum Gasteiger partial charge on any atom is -0.229 e. The summed E-state index contributed by atoms with van der Waals surface area (Å²) in [6, 6.07) is 0. The maximum Gasteiger partial charge on any atom is 0.150 e. The van der Waals surface area contributed by atoms with Gasteiger partial charge in [-0.05, 0) is 18.8 Å². The second kappa shape index (κ2) is 5.74. The summed E-state index contributed by atoms with van der Waals surface area (Å²) in [5, 5.41) is 0. The molecule has 0 aromatic heterocycles. The molecular formula is C11H22O2S. The number of hydrogen-bond donors (Lipinski definition) is 0. The van der Waals surface area contributed by atoms with E-state index in [0.717, 1.165) is 12.8 Å². The van der Waals surface area contributed by atoms with Gasteiger partial charge in [0.05, 0.1) is 11.5 Å². The summed E-state index contributed by atoms with van der Waals surface area (Å²) in [6.07, 6.45) is 8.28. The molecule has 0 atom stereocenters. The predicted molar refractivity (Wildman–Crippen MR) is 60.1 cm³/mol. The molecule has 0 amide bonds. The highest BCUT2D eigenvalue weighted by molar-refractivity contribution is 7.91. The standard InChI is InChI=1S/C11H22O2S/c1-2-3-4-5-6-11-7-9-14(12,13)10-8-11/h11H,2-10H2,1H3. The second-order valence-corrected chi connectivity index (χ2v) is 6.75. The fourth-order valence-electron chi connectivity index (χ4n) is 2.09. The molecule has 0 aromatic rings. The zero-order valence-corrected chi connectivity index (χ0v) is 9.98. The molecule has 0 bridgehead atoms. The van der Waals surface area contributed by atoms with Crippen LogP contribution in [0.4, 0.5) is 0 Å². The molecule has 0 aromatic carbocycles. The molecule has 1 saturated heterocycles. The maximum atomic E-state index is 11.2. The van der Waals surface area contributed by atoms with Gasteiger partial charge in [-0.15, -0.1) is 0 Å². The Labute approximate surface area is 88.0 Å². The Bertz CT molecular complexity index is 230. The number of unbranched alkanes of at least 4 members (excludes halogenated alkanes) is 3. The van der Waals surface area contributed by atoms with Gasteiger partial charge in [-0.25, -0.2) is 8.42 Å². The summed E-state index contributed by atoms with van der Waals surface area (Å²) in [4.78, 5) is 0. The summed E-state index contributed by atoms with van der Waals surface area (Å²) in [6.45, 7) is 2.22. The number of rotatable bonds is 5. The van der Waals surface area contributed by atoms with Gasteiger partial charge >= 0.3 is 0 Å². The predicted octanol–water partition coefficient (Wildman–Crippen LogP) is 2.78. The Balaban J connectivity index is 2.10. The molecule has 1 aliphatic rings. The van der Waals surface area contributed by atoms with Crippen molar-refractivity contribution in [2.24, 2.45) is 5.92 Å². The Morgan fingerprint density at radius 1 is 1.07 bits per heavy atom. The molecule has 1 rings (SSSR count). The summed E-state index contributed by atoms with van der Waals surface area (Å²) >= 11 is 0. The maximum absolute atomic E-state index is 11.2. The molecule has 84 valence electrons. The van der Waals surface area contributed by atoms with Crippen LogP contribution in [0.2, 0.25) is 0 Å². The molecule has 0 saturated carbocycles. The van der Waals surface area contributed by atoms with Gasteiger partial charge < -0.3 is 0 Å². The summed E-state index contributed by atoms with van der Waals surface area (Å²) in [5.41, 5.74) is 0. The van der Waals surface area contributed by atoms with Crippen LogP contribution in [-0.4, -0.2) is 19.9 Å². The first kappa shape index (κ1) is 12.0. The third-order valence-electron chi connectivity index (χ3n) is 3.14. The van der Waals surface area contributed by atoms with Crippen molar-refractivity contribution in [2.45, 2.75) is 51.9 Å². The molecule has 2 nitrogen and oxygen atoms in total. The highest BCUT2D eigenvalue weighted by Crippen LogP contribution is 2.24. The van der Waals surface area contributed by atoms with Crippen LogP contribution < -0.4 is 0 Å². The fraction of sp³-hybridized carbons (Fsp3) is 1.00. The van der Waals surface area contributed by atoms with E-state index < -0.39 is 9.84 Å². The van der Waals surface area contributed by atoms with Crippen molar-refractivity contribution in [2.75, 3.05) is 11.5 Å². The molecule has 1 aliphatic heterocycles. The van der Waals surface area contributed by atoms with Crippen LogP contribution in [0.25, 0.3) is 0 Å². The Hall–Kier alpha value is -0.0500. The van der Waals surface area contributed by atoms with Gasteiger partial charge in [-0.3, -0.25) is 0 Å². The average Bonchev–Trinajstić information content (AvgIpc) is 2.15. The largest absolute Gasteiger partial charge is 0.229 e. The van der Waals surface area contributed by atoms with Crippen LogP contribution in [0, 0.1) is 5.92 Å². The van der Waals surface area contributed by atoms with Gasteiger partial charge in [-0.2, -0.15) is 0 Å². The van der Waals surface area contributed by atoms with E-state index in [2.05, 4.69) is 6.92 Å². The first-order chi connectivity index (χ1) is 6.64. The molecule has 0 radical (unpaired) electrons. The Kier molecular flexibility index (Phi) is 4.93. The van der Waals surface area contributed by atoms with Crippen LogP contribution >= 0.6 is 0 Å². The third-order valence-corrected chi connectivity index (χ3v) is 4.86. The van der Waals surface area contributed by atoms with Gasteiger partial charge in [0.1, 0.15) is 9.84 Å². The zero-order chi connectivity index (χ0) is 10.4. The van der Waals surface area contributed by atoms with Gasteiger partial charge in [0.15, 0.2) is 0 Å². The minimum absolute atomic E-state index is 0.436. The van der Waals surface area contributed by atoms with E-state index in [1.165, 1.54) is 32.1 Å². The molecule has 3 heteroatoms. The van der Waals surface area contributed by atoms with E-state index in [1.807, 2.05) is 0 Å². The topological polar surface area (TPSA) is 34.1 Å². The highest BCUT2D eigenvalue weighted by Gasteiger charge is 2.22. The van der Waals surface area contributed by atoms with Crippen molar-refractivity contribution >= 4 is 9.84 Å². The molecule has 0 N–H and O–H groups in total. The molecule has 1 fully saturated rings. The molecule has 14 heavy (non-hydrogen) atoms. The van der Waals surface area contributed by atoms with Crippen molar-refractivity contribution in [3.63, 3.8) is 0 Å². The van der Waals surface area contributed by atoms with Crippen LogP contribution in [0.15, 0.2) is 0 Å². The molecule has 0 spiro atoms. The lowest BCUT2D eigenvalue weighted by atomic mass is 9.95. The van der Waals surface area contributed by atoms with Crippen molar-refractivity contribution in [1.29, 1.82) is 0 Å². The highest BCUT2D eigenvalue weighted by atomic mass is 32.2. The zero-order valence-electron chi connectivity index (χ0n) is 9.17. The molecule has 0 unspecified atom stereocenters. The van der Waals surface area contributed by atoms with Crippen LogP contribution in [0.5, 0.6) is 0 Å². The van der Waals surface area contributed by atoms with E-state index >= 15 is 0 Å². The lowest BCUT2D eigenvalue weighted by Crippen LogP contribution is -2.23. The molecule has 0 aliphatic carbocycles. The number of hydrogen-bond acceptors (Lipinski definition) is 2. The summed E-state index contributed by atoms with van der Waals surface area (Å²) in [7, 11) is -2.65. The Morgan fingerprint density at radius 3 is 2.29 bits per heavy atom. The molecule has 1 heterocycles. The average molecular weight is 218 g/mol. The van der Waals surface area contributed by atoms with Gasteiger partial charge in [0.2, 0.25) is 0 Å². The van der Waals surface area contributed by atoms with Crippen molar-refractivity contribution in [3.8, 4) is 0 Å². The van der Waals surface area contributed by atoms with E-state index in [9.17, 15) is 8.42 Å². The first-order valence-corrected chi connectivity index (χ1v) is 7.66. The summed E-state index contributed by atoms with van der Waals surface area (Å²) < 4.78 is 22.3. The van der Waals surface area contributed by atoms with Gasteiger partial charge in [-0.1, -0.05) is 39.0 Å². The van der Waals surface area contributed by atoms with E-state index in [4.69, 9.17) is 0 Å². The van der Waals surface area contributed by atoms with Crippen LogP contribution in [0.3, 0.4) is 0 Å². The lowest BCUT2D eigenvalue weighted by Gasteiger charge is -2.21. The van der Waals surface area contributed by atoms with Gasteiger partial charge in [0.25, 0.3) is 0 Å². The SMILES string of the molecule is CCCCCCC1CCS(=O)(=O)CC1. The number of sulfone groups is 1. The summed E-state index contributed by atoms with van der Waals surface area (Å²) in [5.74, 6) is 1.56. The normalized spacial score (nSPS) is 22.4. The van der Waals surface area contributed by atoms with E-state index in [-0.39, 0.29) is 0 Å². The van der Waals surface area contributed by atoms with Crippen molar-refractivity contribution in [1.82, 2.24) is 0 Å². The van der Waals surface area contributed by atoms with Crippen molar-refractivity contribution < 1.29 is 8.42 Å². The van der Waals surface area contributed by atoms with E-state index in [1.54, 1.807) is 0 Å². The minimum atomic E-state index is -2.65. The van der Waals surface area contributed by atoms with E-state index in [0.29, 0.717) is 17.4 Å². The lowest BCUT2D eigenvalue weighted by molar-refractivity contribution is 0.414. The molecular weight excluding hydrogens is 196 g/mol. The quantitative estimate of drug-likeness (QED) is 0.665. The van der Waals surface area contributed by atoms with Crippen LogP contribution in [0.1, 0.15) is 51.9 Å². The second-order valence-electron chi connectivity index (χ2n) is 4.44. The van der Waals surface area contributed by atoms with Gasteiger partial charge in [0, 0.05) is 0 Å². The third kappa shape index (κ3) is 4.45. The first-order valence-electron chi connectivity index (χ1n) is 5.84. The van der Waals surface area contributed by atoms with Crippen LogP contribution in [-0.2, 0) is 9.84 Å². The smallest absolute Gasteiger partial charge is 0.150 e. The fourth-order valence-corrected chi connectivity index (χ4v) is 3.68. The Morgan fingerprint density at radius 2 is 1.71 bits per heavy atom. The van der Waals surface area contributed by atoms with Crippen molar-refractivity contribution in [3.05, 3.63) is 0 Å². The monoisotopic (exact) mass is 218 g/mol.